The molecule has 0 radical (unpaired) electrons. The van der Waals surface area contributed by atoms with Crippen molar-refractivity contribution in [2.45, 2.75) is 32.0 Å². The first-order valence-corrected chi connectivity index (χ1v) is 7.88. The van der Waals surface area contributed by atoms with Crippen LogP contribution in [0.4, 0.5) is 4.39 Å². The molecule has 1 unspecified atom stereocenters. The summed E-state index contributed by atoms with van der Waals surface area (Å²) in [6, 6.07) is 1.01. The first kappa shape index (κ1) is 15.1. The van der Waals surface area contributed by atoms with Crippen LogP contribution in [0.3, 0.4) is 0 Å². The Morgan fingerprint density at radius 1 is 1.25 bits per heavy atom. The van der Waals surface area contributed by atoms with Crippen molar-refractivity contribution >= 4 is 17.7 Å². The van der Waals surface area contributed by atoms with Crippen LogP contribution in [0.1, 0.15) is 34.3 Å². The van der Waals surface area contributed by atoms with E-state index in [0.29, 0.717) is 30.8 Å². The maximum absolute atomic E-state index is 14.8. The van der Waals surface area contributed by atoms with Crippen molar-refractivity contribution in [2.75, 3.05) is 13.2 Å². The summed E-state index contributed by atoms with van der Waals surface area (Å²) in [6.45, 7) is 1.56. The summed E-state index contributed by atoms with van der Waals surface area (Å²) < 4.78 is 20.3. The van der Waals surface area contributed by atoms with Crippen LogP contribution in [0.2, 0.25) is 0 Å². The molecule has 1 aromatic carbocycles. The summed E-state index contributed by atoms with van der Waals surface area (Å²) in [4.78, 5) is 37.3. The number of carbonyl (C=O) groups excluding carboxylic acids is 3. The Kier molecular flexibility index (Phi) is 3.49. The van der Waals surface area contributed by atoms with E-state index in [9.17, 15) is 18.8 Å². The predicted octanol–water partition coefficient (Wildman–Crippen LogP) is 0.0687. The summed E-state index contributed by atoms with van der Waals surface area (Å²) in [5, 5.41) is 5.36. The van der Waals surface area contributed by atoms with Crippen LogP contribution in [0.25, 0.3) is 0 Å². The van der Waals surface area contributed by atoms with Gasteiger partial charge in [-0.15, -0.1) is 0 Å². The van der Waals surface area contributed by atoms with Crippen molar-refractivity contribution in [3.63, 3.8) is 0 Å². The van der Waals surface area contributed by atoms with Crippen molar-refractivity contribution < 1.29 is 23.5 Å². The standard InChI is InChI=1S/C16H16FN3O4/c17-13-12-9(5-8-6-18-3-4-24-14(8)13)7-20(16(12)23)10-1-2-11(21)19-15(10)22/h5,10,18H,1-4,6-7H2,(H,19,21,22). The molecule has 7 nitrogen and oxygen atoms in total. The van der Waals surface area contributed by atoms with E-state index >= 15 is 0 Å². The van der Waals surface area contributed by atoms with Gasteiger partial charge in [0, 0.05) is 31.6 Å². The first-order chi connectivity index (χ1) is 11.6. The zero-order valence-electron chi connectivity index (χ0n) is 12.9. The Hall–Kier alpha value is -2.48. The van der Waals surface area contributed by atoms with Gasteiger partial charge >= 0.3 is 0 Å². The van der Waals surface area contributed by atoms with Gasteiger partial charge in [0.25, 0.3) is 5.91 Å². The Balaban J connectivity index is 1.69. The Bertz CT molecular complexity index is 764. The second-order valence-corrected chi connectivity index (χ2v) is 6.14. The van der Waals surface area contributed by atoms with Crippen LogP contribution in [0.5, 0.6) is 5.75 Å². The Morgan fingerprint density at radius 2 is 2.08 bits per heavy atom. The molecular weight excluding hydrogens is 317 g/mol. The smallest absolute Gasteiger partial charge is 0.258 e. The molecule has 24 heavy (non-hydrogen) atoms. The van der Waals surface area contributed by atoms with E-state index in [4.69, 9.17) is 4.74 Å². The molecule has 0 aliphatic carbocycles. The molecule has 8 heteroatoms. The number of nitrogens with one attached hydrogen (secondary N) is 2. The summed E-state index contributed by atoms with van der Waals surface area (Å²) in [6.07, 6.45) is 0.423. The molecule has 1 fully saturated rings. The van der Waals surface area contributed by atoms with Crippen LogP contribution < -0.4 is 15.4 Å². The van der Waals surface area contributed by atoms with Crippen LogP contribution in [0, 0.1) is 5.82 Å². The van der Waals surface area contributed by atoms with Crippen LogP contribution in [-0.2, 0) is 22.7 Å². The van der Waals surface area contributed by atoms with Gasteiger partial charge in [0.15, 0.2) is 11.6 Å². The third kappa shape index (κ3) is 2.25. The van der Waals surface area contributed by atoms with Crippen molar-refractivity contribution in [1.29, 1.82) is 0 Å². The van der Waals surface area contributed by atoms with Gasteiger partial charge in [-0.25, -0.2) is 4.39 Å². The SMILES string of the molecule is O=C1CCC(N2Cc3cc4c(c(F)c3C2=O)OCCNC4)C(=O)N1. The highest BCUT2D eigenvalue weighted by molar-refractivity contribution is 6.05. The molecule has 0 saturated carbocycles. The van der Waals surface area contributed by atoms with Gasteiger partial charge in [0.1, 0.15) is 12.6 Å². The van der Waals surface area contributed by atoms with Crippen LogP contribution in [0.15, 0.2) is 6.07 Å². The number of hydrogen-bond donors (Lipinski definition) is 2. The molecule has 1 aromatic rings. The maximum atomic E-state index is 14.8. The van der Waals surface area contributed by atoms with Crippen molar-refractivity contribution in [2.24, 2.45) is 0 Å². The fourth-order valence-corrected chi connectivity index (χ4v) is 3.47. The van der Waals surface area contributed by atoms with Gasteiger partial charge in [0.2, 0.25) is 11.8 Å². The third-order valence-electron chi connectivity index (χ3n) is 4.62. The van der Waals surface area contributed by atoms with Crippen LogP contribution >= 0.6 is 0 Å². The van der Waals surface area contributed by atoms with E-state index in [2.05, 4.69) is 10.6 Å². The number of amides is 3. The summed E-state index contributed by atoms with van der Waals surface area (Å²) in [5.41, 5.74) is 1.19. The number of piperidine rings is 1. The number of halogens is 1. The number of ether oxygens (including phenoxy) is 1. The molecule has 0 bridgehead atoms. The molecule has 2 N–H and O–H groups in total. The topological polar surface area (TPSA) is 87.7 Å². The lowest BCUT2D eigenvalue weighted by Crippen LogP contribution is -2.52. The quantitative estimate of drug-likeness (QED) is 0.710. The normalized spacial score (nSPS) is 23.3. The van der Waals surface area contributed by atoms with E-state index < -0.39 is 23.7 Å². The lowest BCUT2D eigenvalue weighted by Gasteiger charge is -2.29. The highest BCUT2D eigenvalue weighted by Crippen LogP contribution is 2.36. The summed E-state index contributed by atoms with van der Waals surface area (Å²) in [7, 11) is 0. The van der Waals surface area contributed by atoms with Gasteiger partial charge in [-0.1, -0.05) is 0 Å². The van der Waals surface area contributed by atoms with Crippen molar-refractivity contribution in [1.82, 2.24) is 15.5 Å². The lowest BCUT2D eigenvalue weighted by atomic mass is 10.0. The van der Waals surface area contributed by atoms with Crippen molar-refractivity contribution in [3.05, 3.63) is 28.6 Å². The van der Waals surface area contributed by atoms with E-state index in [-0.39, 0.29) is 36.6 Å². The predicted molar refractivity (Wildman–Crippen MR) is 79.6 cm³/mol. The Labute approximate surface area is 137 Å². The minimum absolute atomic E-state index is 0.0275. The van der Waals surface area contributed by atoms with E-state index in [1.807, 2.05) is 0 Å². The van der Waals surface area contributed by atoms with Gasteiger partial charge in [-0.3, -0.25) is 19.7 Å². The number of benzene rings is 1. The fraction of sp³-hybridized carbons (Fsp3) is 0.438. The zero-order valence-corrected chi connectivity index (χ0v) is 12.9. The number of carbonyl (C=O) groups is 3. The largest absolute Gasteiger partial charge is 0.489 e. The average Bonchev–Trinajstić information content (AvgIpc) is 2.72. The van der Waals surface area contributed by atoms with Crippen LogP contribution in [-0.4, -0.2) is 41.8 Å². The highest BCUT2D eigenvalue weighted by atomic mass is 19.1. The van der Waals surface area contributed by atoms with E-state index in [1.165, 1.54) is 4.90 Å². The van der Waals surface area contributed by atoms with E-state index in [1.54, 1.807) is 6.07 Å². The number of hydrogen-bond acceptors (Lipinski definition) is 5. The molecule has 0 spiro atoms. The molecule has 1 saturated heterocycles. The summed E-state index contributed by atoms with van der Waals surface area (Å²) >= 11 is 0. The molecule has 1 atom stereocenters. The third-order valence-corrected chi connectivity index (χ3v) is 4.62. The minimum Gasteiger partial charge on any atom is -0.489 e. The molecule has 3 heterocycles. The Morgan fingerprint density at radius 3 is 2.88 bits per heavy atom. The second-order valence-electron chi connectivity index (χ2n) is 6.14. The lowest BCUT2D eigenvalue weighted by molar-refractivity contribution is -0.136. The molecule has 3 aliphatic rings. The van der Waals surface area contributed by atoms with Gasteiger partial charge in [0.05, 0.1) is 5.56 Å². The summed E-state index contributed by atoms with van der Waals surface area (Å²) in [5.74, 6) is -1.94. The first-order valence-electron chi connectivity index (χ1n) is 7.88. The minimum atomic E-state index is -0.749. The fourth-order valence-electron chi connectivity index (χ4n) is 3.47. The van der Waals surface area contributed by atoms with E-state index in [0.717, 1.165) is 0 Å². The van der Waals surface area contributed by atoms with Crippen molar-refractivity contribution in [3.8, 4) is 5.75 Å². The number of fused-ring (bicyclic) bond motifs is 2. The van der Waals surface area contributed by atoms with Gasteiger partial charge in [-0.05, 0) is 18.1 Å². The number of nitrogens with zero attached hydrogens (tertiary/aromatic N) is 1. The molecule has 0 aromatic heterocycles. The molecular formula is C16H16FN3O4. The van der Waals surface area contributed by atoms with Gasteiger partial charge < -0.3 is 15.0 Å². The average molecular weight is 333 g/mol. The van der Waals surface area contributed by atoms with Gasteiger partial charge in [-0.2, -0.15) is 0 Å². The molecule has 4 rings (SSSR count). The number of rotatable bonds is 1. The molecule has 3 amide bonds. The zero-order chi connectivity index (χ0) is 16.8. The second kappa shape index (κ2) is 5.55. The molecule has 126 valence electrons. The highest BCUT2D eigenvalue weighted by Gasteiger charge is 2.41. The molecule has 3 aliphatic heterocycles. The monoisotopic (exact) mass is 333 g/mol. The number of imide groups is 1. The maximum Gasteiger partial charge on any atom is 0.258 e.